The van der Waals surface area contributed by atoms with Crippen molar-refractivity contribution in [3.8, 4) is 11.5 Å². The number of aromatic nitrogens is 1. The first kappa shape index (κ1) is 27.5. The number of esters is 1. The molecule has 1 aromatic heterocycles. The molecule has 0 aliphatic heterocycles. The van der Waals surface area contributed by atoms with Crippen molar-refractivity contribution in [2.24, 2.45) is 0 Å². The highest BCUT2D eigenvalue weighted by Gasteiger charge is 2.06. The van der Waals surface area contributed by atoms with Gasteiger partial charge in [0, 0.05) is 6.08 Å². The van der Waals surface area contributed by atoms with Crippen LogP contribution in [0.4, 0.5) is 0 Å². The van der Waals surface area contributed by atoms with Crippen molar-refractivity contribution in [2.75, 3.05) is 20.8 Å². The number of halogens is 1. The normalized spacial score (nSPS) is 10.6. The van der Waals surface area contributed by atoms with Crippen molar-refractivity contribution in [3.05, 3.63) is 59.4 Å². The van der Waals surface area contributed by atoms with E-state index in [4.69, 9.17) is 9.47 Å². The molecule has 6 nitrogen and oxygen atoms in total. The largest absolute Gasteiger partial charge is 0.497 e. The molecule has 0 aliphatic rings. The topological polar surface area (TPSA) is 77.9 Å². The van der Waals surface area contributed by atoms with Gasteiger partial charge in [-0.25, -0.2) is 9.78 Å². The Morgan fingerprint density at radius 3 is 2.31 bits per heavy atom. The highest BCUT2D eigenvalue weighted by molar-refractivity contribution is 5.87. The minimum absolute atomic E-state index is 0. The van der Waals surface area contributed by atoms with Gasteiger partial charge in [0.1, 0.15) is 17.2 Å². The quantitative estimate of drug-likeness (QED) is 0.237. The summed E-state index contributed by atoms with van der Waals surface area (Å²) in [7, 11) is 3.01. The van der Waals surface area contributed by atoms with E-state index >= 15 is 0 Å². The number of benzene rings is 1. The predicted octanol–water partition coefficient (Wildman–Crippen LogP) is 5.15. The molecule has 7 heteroatoms. The lowest BCUT2D eigenvalue weighted by atomic mass is 10.0. The van der Waals surface area contributed by atoms with Gasteiger partial charge in [0.2, 0.25) is 0 Å². The monoisotopic (exact) mass is 463 g/mol. The minimum atomic E-state index is -0.464. The molecule has 0 saturated carbocycles. The molecule has 176 valence electrons. The molecule has 1 heterocycles. The van der Waals surface area contributed by atoms with Gasteiger partial charge < -0.3 is 19.3 Å². The summed E-state index contributed by atoms with van der Waals surface area (Å²) in [4.78, 5) is 15.6. The van der Waals surface area contributed by atoms with Gasteiger partial charge >= 0.3 is 5.97 Å². The third kappa shape index (κ3) is 10.2. The van der Waals surface area contributed by atoms with Crippen LogP contribution in [0.3, 0.4) is 0 Å². The van der Waals surface area contributed by atoms with Crippen LogP contribution in [0.2, 0.25) is 0 Å². The summed E-state index contributed by atoms with van der Waals surface area (Å²) in [6.45, 7) is 0.420. The van der Waals surface area contributed by atoms with Gasteiger partial charge in [-0.1, -0.05) is 37.8 Å². The lowest BCUT2D eigenvalue weighted by Gasteiger charge is -2.10. The van der Waals surface area contributed by atoms with Crippen molar-refractivity contribution in [1.82, 2.24) is 4.98 Å². The fraction of sp³-hybridized carbons (Fsp3) is 0.440. The first-order valence-corrected chi connectivity index (χ1v) is 10.8. The van der Waals surface area contributed by atoms with Gasteiger partial charge in [-0.3, -0.25) is 0 Å². The van der Waals surface area contributed by atoms with Gasteiger partial charge in [0.05, 0.1) is 33.1 Å². The highest BCUT2D eigenvalue weighted by atomic mass is 35.5. The summed E-state index contributed by atoms with van der Waals surface area (Å²) in [6, 6.07) is 11.8. The second-order valence-electron chi connectivity index (χ2n) is 7.27. The number of carbonyl (C=O) groups is 1. The van der Waals surface area contributed by atoms with Crippen LogP contribution in [-0.4, -0.2) is 36.9 Å². The van der Waals surface area contributed by atoms with Crippen LogP contribution in [0, 0.1) is 0 Å². The highest BCUT2D eigenvalue weighted by Crippen LogP contribution is 2.20. The Bertz CT molecular complexity index is 824. The molecule has 0 fully saturated rings. The number of aryl methyl sites for hydroxylation is 1. The maximum absolute atomic E-state index is 11.3. The summed E-state index contributed by atoms with van der Waals surface area (Å²) in [5.41, 5.74) is 2.38. The van der Waals surface area contributed by atoms with Crippen LogP contribution < -0.4 is 9.47 Å². The number of methoxy groups -OCH3 is 2. The molecule has 0 amide bonds. The molecular formula is C25H34ClNO5. The Morgan fingerprint density at radius 1 is 0.969 bits per heavy atom. The van der Waals surface area contributed by atoms with E-state index in [1.165, 1.54) is 44.4 Å². The minimum Gasteiger partial charge on any atom is -0.497 e. The number of rotatable bonds is 14. The van der Waals surface area contributed by atoms with Gasteiger partial charge in [0.25, 0.3) is 0 Å². The van der Waals surface area contributed by atoms with Crippen molar-refractivity contribution in [1.29, 1.82) is 0 Å². The number of aliphatic hydroxyl groups excluding tert-OH is 1. The molecular weight excluding hydrogens is 430 g/mol. The summed E-state index contributed by atoms with van der Waals surface area (Å²) < 4.78 is 15.6. The second kappa shape index (κ2) is 16.1. The lowest BCUT2D eigenvalue weighted by molar-refractivity contribution is -0.134. The van der Waals surface area contributed by atoms with Crippen molar-refractivity contribution in [2.45, 2.75) is 51.6 Å². The third-order valence-corrected chi connectivity index (χ3v) is 4.96. The molecule has 2 aromatic rings. The first-order valence-electron chi connectivity index (χ1n) is 10.8. The van der Waals surface area contributed by atoms with Gasteiger partial charge in [0.15, 0.2) is 0 Å². The molecule has 0 aliphatic carbocycles. The second-order valence-corrected chi connectivity index (χ2v) is 7.27. The molecule has 0 bridgehead atoms. The zero-order valence-electron chi connectivity index (χ0n) is 18.9. The van der Waals surface area contributed by atoms with E-state index in [0.717, 1.165) is 25.0 Å². The average molecular weight is 464 g/mol. The molecule has 2 rings (SSSR count). The lowest BCUT2D eigenvalue weighted by Crippen LogP contribution is -2.02. The Hall–Kier alpha value is -2.57. The number of ether oxygens (including phenoxy) is 3. The number of unbranched alkanes of at least 4 members (excludes halogenated alkanes) is 5. The smallest absolute Gasteiger partial charge is 0.330 e. The number of hydrogen-bond acceptors (Lipinski definition) is 6. The summed E-state index contributed by atoms with van der Waals surface area (Å²) in [5.74, 6) is 1.03. The van der Waals surface area contributed by atoms with Crippen LogP contribution in [0.25, 0.3) is 6.08 Å². The van der Waals surface area contributed by atoms with Crippen LogP contribution in [0.15, 0.2) is 42.5 Å². The SMILES string of the molecule is COC(=O)C=Cc1nc(CO)ccc1OCCCCCCCCc1ccc(OC)cc1.Cl. The van der Waals surface area contributed by atoms with E-state index < -0.39 is 5.97 Å². The molecule has 0 atom stereocenters. The maximum atomic E-state index is 11.3. The average Bonchev–Trinajstić information content (AvgIpc) is 2.82. The third-order valence-electron chi connectivity index (χ3n) is 4.96. The Morgan fingerprint density at radius 2 is 1.66 bits per heavy atom. The molecule has 1 aromatic carbocycles. The zero-order valence-corrected chi connectivity index (χ0v) is 19.7. The van der Waals surface area contributed by atoms with E-state index in [0.29, 0.717) is 23.7 Å². The Kier molecular flexibility index (Phi) is 13.8. The molecule has 0 radical (unpaired) electrons. The van der Waals surface area contributed by atoms with Crippen molar-refractivity contribution < 1.29 is 24.1 Å². The van der Waals surface area contributed by atoms with E-state index in [1.807, 2.05) is 12.1 Å². The van der Waals surface area contributed by atoms with Gasteiger partial charge in [-0.15, -0.1) is 12.4 Å². The van der Waals surface area contributed by atoms with Crippen LogP contribution in [0.1, 0.15) is 55.5 Å². The molecule has 0 saturated heterocycles. The fourth-order valence-corrected chi connectivity index (χ4v) is 3.16. The number of hydrogen-bond donors (Lipinski definition) is 1. The first-order chi connectivity index (χ1) is 15.2. The molecule has 32 heavy (non-hydrogen) atoms. The van der Waals surface area contributed by atoms with Crippen LogP contribution in [-0.2, 0) is 22.6 Å². The van der Waals surface area contributed by atoms with Gasteiger partial charge in [-0.2, -0.15) is 0 Å². The standard InChI is InChI=1S/C25H33NO5.ClH/c1-29-22-13-10-20(11-14-22)9-7-5-3-4-6-8-18-31-24-16-12-21(19-27)26-23(24)15-17-25(28)30-2;/h10-17,27H,3-9,18-19H2,1-2H3;1H. The molecule has 0 unspecified atom stereocenters. The summed E-state index contributed by atoms with van der Waals surface area (Å²) in [6.07, 6.45) is 10.8. The van der Waals surface area contributed by atoms with E-state index in [9.17, 15) is 9.90 Å². The number of nitrogens with zero attached hydrogens (tertiary/aromatic N) is 1. The Balaban J connectivity index is 0.00000512. The van der Waals surface area contributed by atoms with E-state index in [2.05, 4.69) is 21.9 Å². The summed E-state index contributed by atoms with van der Waals surface area (Å²) in [5, 5.41) is 9.27. The summed E-state index contributed by atoms with van der Waals surface area (Å²) >= 11 is 0. The van der Waals surface area contributed by atoms with Gasteiger partial charge in [-0.05, 0) is 55.2 Å². The van der Waals surface area contributed by atoms with Crippen LogP contribution in [0.5, 0.6) is 11.5 Å². The van der Waals surface area contributed by atoms with Crippen molar-refractivity contribution in [3.63, 3.8) is 0 Å². The molecule has 0 spiro atoms. The number of aliphatic hydroxyl groups is 1. The number of pyridine rings is 1. The number of carbonyl (C=O) groups excluding carboxylic acids is 1. The Labute approximate surface area is 197 Å². The maximum Gasteiger partial charge on any atom is 0.330 e. The zero-order chi connectivity index (χ0) is 22.3. The van der Waals surface area contributed by atoms with E-state index in [1.54, 1.807) is 25.3 Å². The predicted molar refractivity (Wildman–Crippen MR) is 128 cm³/mol. The molecule has 1 N–H and O–H groups in total. The van der Waals surface area contributed by atoms with Crippen LogP contribution >= 0.6 is 12.4 Å². The fourth-order valence-electron chi connectivity index (χ4n) is 3.16. The van der Waals surface area contributed by atoms with E-state index in [-0.39, 0.29) is 19.0 Å². The van der Waals surface area contributed by atoms with Crippen molar-refractivity contribution >= 4 is 24.5 Å².